The van der Waals surface area contributed by atoms with Gasteiger partial charge >= 0.3 is 6.09 Å². The van der Waals surface area contributed by atoms with Gasteiger partial charge in [-0.3, -0.25) is 4.99 Å². The van der Waals surface area contributed by atoms with Crippen molar-refractivity contribution >= 4 is 12.1 Å². The lowest BCUT2D eigenvalue weighted by atomic mass is 10.2. The largest absolute Gasteiger partial charge is 0.444 e. The van der Waals surface area contributed by atoms with Gasteiger partial charge in [0.1, 0.15) is 5.60 Å². The SMILES string of the molecule is CCNC(=NCC(C)CN(C)C(=O)OC(C)(C)C)N1CC[C@@H](O)C1. The van der Waals surface area contributed by atoms with Crippen molar-refractivity contribution in [2.45, 2.75) is 52.7 Å². The Morgan fingerprint density at radius 3 is 2.67 bits per heavy atom. The Bertz CT molecular complexity index is 434. The minimum Gasteiger partial charge on any atom is -0.444 e. The topological polar surface area (TPSA) is 77.4 Å². The van der Waals surface area contributed by atoms with Crippen molar-refractivity contribution in [2.24, 2.45) is 10.9 Å². The van der Waals surface area contributed by atoms with Crippen molar-refractivity contribution in [2.75, 3.05) is 39.8 Å². The fourth-order valence-electron chi connectivity index (χ4n) is 2.54. The first-order chi connectivity index (χ1) is 11.1. The van der Waals surface area contributed by atoms with Gasteiger partial charge in [-0.15, -0.1) is 0 Å². The molecule has 1 fully saturated rings. The molecule has 1 unspecified atom stereocenters. The zero-order chi connectivity index (χ0) is 18.3. The van der Waals surface area contributed by atoms with Gasteiger partial charge in [-0.25, -0.2) is 4.79 Å². The van der Waals surface area contributed by atoms with Crippen LogP contribution < -0.4 is 5.32 Å². The van der Waals surface area contributed by atoms with Crippen LogP contribution in [0.4, 0.5) is 4.79 Å². The molecular formula is C17H34N4O3. The maximum atomic E-state index is 12.0. The van der Waals surface area contributed by atoms with E-state index in [2.05, 4.69) is 22.1 Å². The fraction of sp³-hybridized carbons (Fsp3) is 0.882. The molecule has 1 heterocycles. The van der Waals surface area contributed by atoms with E-state index in [1.807, 2.05) is 27.7 Å². The number of carbonyl (C=O) groups excluding carboxylic acids is 1. The summed E-state index contributed by atoms with van der Waals surface area (Å²) in [7, 11) is 1.75. The minimum atomic E-state index is -0.485. The van der Waals surface area contributed by atoms with Crippen LogP contribution in [-0.4, -0.2) is 78.4 Å². The lowest BCUT2D eigenvalue weighted by Gasteiger charge is -2.26. The summed E-state index contributed by atoms with van der Waals surface area (Å²) in [6.07, 6.45) is 0.193. The molecule has 0 radical (unpaired) electrons. The van der Waals surface area contributed by atoms with Gasteiger partial charge in [0.25, 0.3) is 0 Å². The summed E-state index contributed by atoms with van der Waals surface area (Å²) in [5.41, 5.74) is -0.485. The van der Waals surface area contributed by atoms with Crippen LogP contribution in [0.15, 0.2) is 4.99 Å². The second-order valence-electron chi connectivity index (χ2n) is 7.55. The Morgan fingerprint density at radius 1 is 1.50 bits per heavy atom. The van der Waals surface area contributed by atoms with Gasteiger partial charge in [-0.2, -0.15) is 0 Å². The van der Waals surface area contributed by atoms with Gasteiger partial charge in [0.2, 0.25) is 0 Å². The van der Waals surface area contributed by atoms with Crippen LogP contribution in [0.1, 0.15) is 41.0 Å². The smallest absolute Gasteiger partial charge is 0.410 e. The van der Waals surface area contributed by atoms with Crippen LogP contribution in [0.5, 0.6) is 0 Å². The zero-order valence-electron chi connectivity index (χ0n) is 16.0. The van der Waals surface area contributed by atoms with Crippen molar-refractivity contribution in [3.05, 3.63) is 0 Å². The third kappa shape index (κ3) is 7.38. The summed E-state index contributed by atoms with van der Waals surface area (Å²) in [6, 6.07) is 0. The van der Waals surface area contributed by atoms with Crippen LogP contribution in [0.25, 0.3) is 0 Å². The predicted molar refractivity (Wildman–Crippen MR) is 96.2 cm³/mol. The number of hydrogen-bond acceptors (Lipinski definition) is 4. The van der Waals surface area contributed by atoms with Crippen LogP contribution >= 0.6 is 0 Å². The first-order valence-corrected chi connectivity index (χ1v) is 8.77. The molecule has 2 N–H and O–H groups in total. The number of hydrogen-bond donors (Lipinski definition) is 2. The highest BCUT2D eigenvalue weighted by molar-refractivity contribution is 5.80. The third-order valence-corrected chi connectivity index (χ3v) is 3.64. The number of rotatable bonds is 5. The molecule has 1 amide bonds. The number of ether oxygens (including phenoxy) is 1. The number of carbonyl (C=O) groups is 1. The van der Waals surface area contributed by atoms with Gasteiger partial charge < -0.3 is 25.0 Å². The molecule has 0 spiro atoms. The van der Waals surface area contributed by atoms with Gasteiger partial charge in [-0.1, -0.05) is 6.92 Å². The second-order valence-corrected chi connectivity index (χ2v) is 7.55. The quantitative estimate of drug-likeness (QED) is 0.585. The highest BCUT2D eigenvalue weighted by Gasteiger charge is 2.23. The normalized spacial score (nSPS) is 20.0. The van der Waals surface area contributed by atoms with Crippen molar-refractivity contribution in [1.29, 1.82) is 0 Å². The Hall–Kier alpha value is -1.50. The molecule has 7 nitrogen and oxygen atoms in total. The Kier molecular flexibility index (Phi) is 7.79. The molecule has 0 saturated carbocycles. The first-order valence-electron chi connectivity index (χ1n) is 8.77. The minimum absolute atomic E-state index is 0.212. The molecule has 0 aromatic rings. The molecule has 0 bridgehead atoms. The average Bonchev–Trinajstić information content (AvgIpc) is 2.88. The Labute approximate surface area is 146 Å². The van der Waals surface area contributed by atoms with Crippen LogP contribution in [0.3, 0.4) is 0 Å². The van der Waals surface area contributed by atoms with E-state index >= 15 is 0 Å². The standard InChI is InChI=1S/C17H34N4O3/c1-7-18-15(21-9-8-14(22)12-21)19-10-13(2)11-20(6)16(23)24-17(3,4)5/h13-14,22H,7-12H2,1-6H3,(H,18,19)/t13?,14-/m1/s1. The lowest BCUT2D eigenvalue weighted by molar-refractivity contribution is 0.0278. The number of aliphatic hydroxyl groups excluding tert-OH is 1. The molecule has 140 valence electrons. The Morgan fingerprint density at radius 2 is 2.17 bits per heavy atom. The average molecular weight is 342 g/mol. The number of amides is 1. The second kappa shape index (κ2) is 9.11. The number of aliphatic hydroxyl groups is 1. The van der Waals surface area contributed by atoms with Gasteiger partial charge in [0.05, 0.1) is 6.10 Å². The Balaban J connectivity index is 2.52. The van der Waals surface area contributed by atoms with E-state index in [1.54, 1.807) is 11.9 Å². The van der Waals surface area contributed by atoms with E-state index in [-0.39, 0.29) is 18.1 Å². The molecule has 0 aliphatic carbocycles. The molecule has 24 heavy (non-hydrogen) atoms. The first kappa shape index (κ1) is 20.5. The van der Waals surface area contributed by atoms with E-state index in [9.17, 15) is 9.90 Å². The summed E-state index contributed by atoms with van der Waals surface area (Å²) in [5.74, 6) is 1.05. The van der Waals surface area contributed by atoms with Crippen molar-refractivity contribution in [1.82, 2.24) is 15.1 Å². The molecule has 0 aromatic carbocycles. The van der Waals surface area contributed by atoms with E-state index in [0.29, 0.717) is 19.6 Å². The molecule has 0 aromatic heterocycles. The molecule has 1 aliphatic rings. The van der Waals surface area contributed by atoms with E-state index in [0.717, 1.165) is 25.5 Å². The summed E-state index contributed by atoms with van der Waals surface area (Å²) in [5, 5.41) is 13.0. The summed E-state index contributed by atoms with van der Waals surface area (Å²) < 4.78 is 5.36. The van der Waals surface area contributed by atoms with E-state index in [1.165, 1.54) is 0 Å². The maximum Gasteiger partial charge on any atom is 0.410 e. The summed E-state index contributed by atoms with van der Waals surface area (Å²) in [6.45, 7) is 13.1. The summed E-state index contributed by atoms with van der Waals surface area (Å²) >= 11 is 0. The maximum absolute atomic E-state index is 12.0. The number of aliphatic imine (C=N–C) groups is 1. The van der Waals surface area contributed by atoms with E-state index in [4.69, 9.17) is 4.74 Å². The van der Waals surface area contributed by atoms with Crippen LogP contribution in [0, 0.1) is 5.92 Å². The van der Waals surface area contributed by atoms with Crippen molar-refractivity contribution in [3.63, 3.8) is 0 Å². The highest BCUT2D eigenvalue weighted by Crippen LogP contribution is 2.11. The zero-order valence-corrected chi connectivity index (χ0v) is 16.0. The molecule has 1 aliphatic heterocycles. The number of likely N-dealkylation sites (tertiary alicyclic amines) is 1. The van der Waals surface area contributed by atoms with Crippen molar-refractivity contribution in [3.8, 4) is 0 Å². The van der Waals surface area contributed by atoms with Gasteiger partial charge in [-0.05, 0) is 40.0 Å². The molecular weight excluding hydrogens is 308 g/mol. The van der Waals surface area contributed by atoms with Gasteiger partial charge in [0.15, 0.2) is 5.96 Å². The lowest BCUT2D eigenvalue weighted by Crippen LogP contribution is -2.41. The highest BCUT2D eigenvalue weighted by atomic mass is 16.6. The van der Waals surface area contributed by atoms with Crippen LogP contribution in [0.2, 0.25) is 0 Å². The predicted octanol–water partition coefficient (Wildman–Crippen LogP) is 1.52. The molecule has 7 heteroatoms. The third-order valence-electron chi connectivity index (χ3n) is 3.64. The monoisotopic (exact) mass is 342 g/mol. The number of β-amino-alcohol motifs (C(OH)–C–C–N with tert-alkyl or cyclic N) is 1. The molecule has 1 saturated heterocycles. The summed E-state index contributed by atoms with van der Waals surface area (Å²) in [4.78, 5) is 20.3. The fourth-order valence-corrected chi connectivity index (χ4v) is 2.54. The molecule has 1 rings (SSSR count). The number of nitrogens with one attached hydrogen (secondary N) is 1. The van der Waals surface area contributed by atoms with Crippen LogP contribution in [-0.2, 0) is 4.74 Å². The molecule has 2 atom stereocenters. The number of guanidine groups is 1. The van der Waals surface area contributed by atoms with E-state index < -0.39 is 5.60 Å². The van der Waals surface area contributed by atoms with Crippen molar-refractivity contribution < 1.29 is 14.6 Å². The van der Waals surface area contributed by atoms with Gasteiger partial charge in [0, 0.05) is 39.8 Å². The number of nitrogens with zero attached hydrogens (tertiary/aromatic N) is 3.